The summed E-state index contributed by atoms with van der Waals surface area (Å²) in [5.41, 5.74) is 0.727. The predicted octanol–water partition coefficient (Wildman–Crippen LogP) is 3.24. The number of halogens is 1. The molecule has 2 aromatic heterocycles. The lowest BCUT2D eigenvalue weighted by Crippen LogP contribution is -2.45. The molecular formula is C21H28ClN5O2. The number of pyridine rings is 1. The summed E-state index contributed by atoms with van der Waals surface area (Å²) in [6, 6.07) is 5.29. The van der Waals surface area contributed by atoms with Crippen molar-refractivity contribution in [2.24, 2.45) is 0 Å². The minimum Gasteiger partial charge on any atom is -0.391 e. The second kappa shape index (κ2) is 9.13. The molecule has 1 saturated carbocycles. The molecule has 0 aromatic carbocycles. The Bertz CT molecular complexity index is 889. The number of nitrogens with zero attached hydrogens (tertiary/aromatic N) is 4. The fraction of sp³-hybridized carbons (Fsp3) is 0.571. The van der Waals surface area contributed by atoms with Crippen molar-refractivity contribution in [2.45, 2.75) is 63.1 Å². The van der Waals surface area contributed by atoms with E-state index in [1.807, 2.05) is 12.1 Å². The normalized spacial score (nSPS) is 25.0. The number of rotatable bonds is 5. The van der Waals surface area contributed by atoms with Gasteiger partial charge in [-0.3, -0.25) is 9.78 Å². The molecule has 1 aliphatic carbocycles. The van der Waals surface area contributed by atoms with Crippen molar-refractivity contribution in [3.63, 3.8) is 0 Å². The number of nitrogens with one attached hydrogen (secondary N) is 1. The van der Waals surface area contributed by atoms with Crippen molar-refractivity contribution in [1.82, 2.24) is 14.8 Å². The molecule has 0 spiro atoms. The minimum absolute atomic E-state index is 0.144. The van der Waals surface area contributed by atoms with E-state index < -0.39 is 6.10 Å². The number of piperidine rings is 1. The van der Waals surface area contributed by atoms with Crippen molar-refractivity contribution in [3.8, 4) is 0 Å². The first kappa shape index (κ1) is 20.2. The van der Waals surface area contributed by atoms with Crippen LogP contribution in [0.5, 0.6) is 0 Å². The smallest absolute Gasteiger partial charge is 0.267 e. The van der Waals surface area contributed by atoms with Gasteiger partial charge in [0.1, 0.15) is 5.82 Å². The van der Waals surface area contributed by atoms with E-state index in [0.717, 1.165) is 69.5 Å². The van der Waals surface area contributed by atoms with Gasteiger partial charge in [0, 0.05) is 37.6 Å². The van der Waals surface area contributed by atoms with Gasteiger partial charge in [-0.05, 0) is 44.2 Å². The fourth-order valence-corrected chi connectivity index (χ4v) is 4.63. The Morgan fingerprint density at radius 1 is 1.14 bits per heavy atom. The third-order valence-corrected chi connectivity index (χ3v) is 6.34. The van der Waals surface area contributed by atoms with Gasteiger partial charge in [0.2, 0.25) is 0 Å². The Hall–Kier alpha value is -2.12. The van der Waals surface area contributed by atoms with Crippen LogP contribution in [0.15, 0.2) is 35.4 Å². The maximum atomic E-state index is 12.5. The van der Waals surface area contributed by atoms with Crippen LogP contribution in [0.4, 0.5) is 11.5 Å². The summed E-state index contributed by atoms with van der Waals surface area (Å²) in [6.45, 7) is 1.63. The summed E-state index contributed by atoms with van der Waals surface area (Å²) >= 11 is 6.22. The summed E-state index contributed by atoms with van der Waals surface area (Å²) < 4.78 is 1.51. The monoisotopic (exact) mass is 417 g/mol. The minimum atomic E-state index is -0.503. The molecule has 0 amide bonds. The van der Waals surface area contributed by atoms with E-state index in [-0.39, 0.29) is 17.6 Å². The van der Waals surface area contributed by atoms with Gasteiger partial charge in [-0.15, -0.1) is 0 Å². The number of aliphatic hydroxyl groups is 1. The molecule has 2 aromatic rings. The SMILES string of the molecule is O=c1ccc(N2CCCCC2CNc2ccncc2Cl)nn1C1CCCCC1O. The summed E-state index contributed by atoms with van der Waals surface area (Å²) in [6.07, 6.45) is 9.70. The van der Waals surface area contributed by atoms with Crippen LogP contribution >= 0.6 is 11.6 Å². The molecule has 156 valence electrons. The Balaban J connectivity index is 1.54. The Morgan fingerprint density at radius 3 is 2.79 bits per heavy atom. The Kier molecular flexibility index (Phi) is 6.35. The van der Waals surface area contributed by atoms with Gasteiger partial charge in [-0.2, -0.15) is 5.10 Å². The lowest BCUT2D eigenvalue weighted by atomic mass is 9.93. The van der Waals surface area contributed by atoms with Gasteiger partial charge in [0.05, 0.1) is 22.9 Å². The second-order valence-electron chi connectivity index (χ2n) is 7.97. The van der Waals surface area contributed by atoms with Gasteiger partial charge >= 0.3 is 0 Å². The van der Waals surface area contributed by atoms with E-state index in [9.17, 15) is 9.90 Å². The average molecular weight is 418 g/mol. The topological polar surface area (TPSA) is 83.3 Å². The van der Waals surface area contributed by atoms with E-state index in [4.69, 9.17) is 16.7 Å². The maximum Gasteiger partial charge on any atom is 0.267 e. The molecule has 8 heteroatoms. The third-order valence-electron chi connectivity index (χ3n) is 6.04. The summed E-state index contributed by atoms with van der Waals surface area (Å²) in [4.78, 5) is 18.8. The van der Waals surface area contributed by atoms with Crippen LogP contribution < -0.4 is 15.8 Å². The quantitative estimate of drug-likeness (QED) is 0.777. The van der Waals surface area contributed by atoms with Crippen molar-refractivity contribution >= 4 is 23.1 Å². The van der Waals surface area contributed by atoms with Gasteiger partial charge in [0.25, 0.3) is 5.56 Å². The first-order chi connectivity index (χ1) is 14.1. The highest BCUT2D eigenvalue weighted by Crippen LogP contribution is 2.29. The molecule has 2 N–H and O–H groups in total. The van der Waals surface area contributed by atoms with Crippen molar-refractivity contribution in [1.29, 1.82) is 0 Å². The molecular weight excluding hydrogens is 390 g/mol. The van der Waals surface area contributed by atoms with Crippen molar-refractivity contribution in [3.05, 3.63) is 46.0 Å². The molecule has 3 heterocycles. The van der Waals surface area contributed by atoms with Crippen LogP contribution in [0, 0.1) is 0 Å². The van der Waals surface area contributed by atoms with E-state index in [1.54, 1.807) is 18.5 Å². The molecule has 0 radical (unpaired) electrons. The molecule has 1 aliphatic heterocycles. The van der Waals surface area contributed by atoms with Crippen LogP contribution in [0.3, 0.4) is 0 Å². The maximum absolute atomic E-state index is 12.5. The first-order valence-electron chi connectivity index (χ1n) is 10.5. The highest BCUT2D eigenvalue weighted by Gasteiger charge is 2.28. The zero-order valence-electron chi connectivity index (χ0n) is 16.5. The van der Waals surface area contributed by atoms with Crippen LogP contribution in [0.2, 0.25) is 5.02 Å². The van der Waals surface area contributed by atoms with Crippen LogP contribution in [0.1, 0.15) is 51.0 Å². The van der Waals surface area contributed by atoms with E-state index in [1.165, 1.54) is 4.68 Å². The lowest BCUT2D eigenvalue weighted by molar-refractivity contribution is 0.0669. The number of hydrogen-bond donors (Lipinski definition) is 2. The van der Waals surface area contributed by atoms with Crippen LogP contribution in [-0.2, 0) is 0 Å². The molecule has 4 rings (SSSR count). The van der Waals surface area contributed by atoms with Gasteiger partial charge in [0.15, 0.2) is 0 Å². The summed E-state index contributed by atoms with van der Waals surface area (Å²) in [7, 11) is 0. The first-order valence-corrected chi connectivity index (χ1v) is 10.9. The summed E-state index contributed by atoms with van der Waals surface area (Å²) in [5.74, 6) is 0.801. The summed E-state index contributed by atoms with van der Waals surface area (Å²) in [5, 5.41) is 19.1. The molecule has 29 heavy (non-hydrogen) atoms. The lowest BCUT2D eigenvalue weighted by Gasteiger charge is -2.37. The van der Waals surface area contributed by atoms with Gasteiger partial charge < -0.3 is 15.3 Å². The largest absolute Gasteiger partial charge is 0.391 e. The van der Waals surface area contributed by atoms with Gasteiger partial charge in [-0.25, -0.2) is 4.68 Å². The molecule has 7 nitrogen and oxygen atoms in total. The zero-order chi connectivity index (χ0) is 20.2. The molecule has 1 saturated heterocycles. The molecule has 3 atom stereocenters. The number of aliphatic hydroxyl groups excluding tert-OH is 1. The van der Waals surface area contributed by atoms with Gasteiger partial charge in [-0.1, -0.05) is 24.4 Å². The number of aromatic nitrogens is 3. The fourth-order valence-electron chi connectivity index (χ4n) is 4.44. The molecule has 3 unspecified atom stereocenters. The van der Waals surface area contributed by atoms with Crippen LogP contribution in [-0.4, -0.2) is 45.1 Å². The molecule has 0 bridgehead atoms. The van der Waals surface area contributed by atoms with E-state index in [0.29, 0.717) is 5.02 Å². The van der Waals surface area contributed by atoms with E-state index in [2.05, 4.69) is 15.2 Å². The second-order valence-corrected chi connectivity index (χ2v) is 8.38. The molecule has 2 fully saturated rings. The Morgan fingerprint density at radius 2 is 1.97 bits per heavy atom. The highest BCUT2D eigenvalue weighted by atomic mass is 35.5. The van der Waals surface area contributed by atoms with E-state index >= 15 is 0 Å². The highest BCUT2D eigenvalue weighted by molar-refractivity contribution is 6.33. The average Bonchev–Trinajstić information content (AvgIpc) is 2.74. The van der Waals surface area contributed by atoms with Crippen molar-refractivity contribution < 1.29 is 5.11 Å². The predicted molar refractivity (Wildman–Crippen MR) is 115 cm³/mol. The third kappa shape index (κ3) is 4.56. The van der Waals surface area contributed by atoms with Crippen molar-refractivity contribution in [2.75, 3.05) is 23.3 Å². The Labute approximate surface area is 175 Å². The van der Waals surface area contributed by atoms with Crippen LogP contribution in [0.25, 0.3) is 0 Å². The standard InChI is InChI=1S/C21H28ClN5O2/c22-16-14-23-11-10-17(16)24-13-15-5-3-4-12-26(15)20-8-9-21(29)27(25-20)18-6-1-2-7-19(18)28/h8-11,14-15,18-19,28H,1-7,12-13H2,(H,23,24). The zero-order valence-corrected chi connectivity index (χ0v) is 17.3. The number of anilines is 2. The number of hydrogen-bond acceptors (Lipinski definition) is 6. The molecule has 2 aliphatic rings.